The fourth-order valence-electron chi connectivity index (χ4n) is 2.22. The standard InChI is InChI=1S/C17H18FNO2/c1-12(13-7-4-8-16(18)9-13)19-11-15-6-3-2-5-14(15)10-17(20)21/h2-9,12,19H,10-11H2,1H3,(H,20,21)/t12-/m0/s1. The maximum atomic E-state index is 13.2. The van der Waals surface area contributed by atoms with Crippen LogP contribution in [-0.4, -0.2) is 11.1 Å². The minimum absolute atomic E-state index is 0.00615. The van der Waals surface area contributed by atoms with Crippen molar-refractivity contribution in [2.75, 3.05) is 0 Å². The molecule has 0 bridgehead atoms. The lowest BCUT2D eigenvalue weighted by molar-refractivity contribution is -0.136. The second-order valence-electron chi connectivity index (χ2n) is 5.00. The van der Waals surface area contributed by atoms with Gasteiger partial charge in [0.05, 0.1) is 6.42 Å². The Morgan fingerprint density at radius 3 is 2.57 bits per heavy atom. The molecule has 3 nitrogen and oxygen atoms in total. The van der Waals surface area contributed by atoms with Crippen molar-refractivity contribution in [2.24, 2.45) is 0 Å². The molecule has 0 heterocycles. The molecule has 0 amide bonds. The molecule has 0 radical (unpaired) electrons. The van der Waals surface area contributed by atoms with Crippen LogP contribution in [0.25, 0.3) is 0 Å². The summed E-state index contributed by atoms with van der Waals surface area (Å²) in [5.74, 6) is -1.10. The summed E-state index contributed by atoms with van der Waals surface area (Å²) in [5.41, 5.74) is 2.61. The van der Waals surface area contributed by atoms with Gasteiger partial charge >= 0.3 is 5.97 Å². The number of hydrogen-bond acceptors (Lipinski definition) is 2. The van der Waals surface area contributed by atoms with E-state index in [0.29, 0.717) is 6.54 Å². The molecule has 0 spiro atoms. The lowest BCUT2D eigenvalue weighted by atomic mass is 10.0. The molecule has 0 saturated carbocycles. The first kappa shape index (κ1) is 15.2. The summed E-state index contributed by atoms with van der Waals surface area (Å²) in [6, 6.07) is 13.9. The Kier molecular flexibility index (Phi) is 5.06. The average Bonchev–Trinajstić information content (AvgIpc) is 2.45. The van der Waals surface area contributed by atoms with Crippen molar-refractivity contribution in [3.05, 3.63) is 71.0 Å². The largest absolute Gasteiger partial charge is 0.481 e. The summed E-state index contributed by atoms with van der Waals surface area (Å²) in [4.78, 5) is 10.9. The minimum atomic E-state index is -0.847. The van der Waals surface area contributed by atoms with Gasteiger partial charge in [0.15, 0.2) is 0 Å². The fourth-order valence-corrected chi connectivity index (χ4v) is 2.22. The Balaban J connectivity index is 2.04. The third kappa shape index (κ3) is 4.39. The van der Waals surface area contributed by atoms with Crippen LogP contribution in [0, 0.1) is 5.82 Å². The number of rotatable bonds is 6. The third-order valence-electron chi connectivity index (χ3n) is 3.41. The van der Waals surface area contributed by atoms with E-state index < -0.39 is 5.97 Å². The Morgan fingerprint density at radius 1 is 1.19 bits per heavy atom. The van der Waals surface area contributed by atoms with E-state index in [4.69, 9.17) is 5.11 Å². The number of carboxylic acids is 1. The lowest BCUT2D eigenvalue weighted by Crippen LogP contribution is -2.19. The van der Waals surface area contributed by atoms with Crippen LogP contribution in [0.4, 0.5) is 4.39 Å². The van der Waals surface area contributed by atoms with Gasteiger partial charge in [-0.15, -0.1) is 0 Å². The van der Waals surface area contributed by atoms with E-state index in [1.165, 1.54) is 12.1 Å². The SMILES string of the molecule is C[C@H](NCc1ccccc1CC(=O)O)c1cccc(F)c1. The first-order chi connectivity index (χ1) is 10.1. The second-order valence-corrected chi connectivity index (χ2v) is 5.00. The van der Waals surface area contributed by atoms with Gasteiger partial charge in [-0.3, -0.25) is 4.79 Å². The molecule has 0 aliphatic rings. The zero-order valence-corrected chi connectivity index (χ0v) is 11.8. The van der Waals surface area contributed by atoms with Gasteiger partial charge in [-0.2, -0.15) is 0 Å². The number of aliphatic carboxylic acids is 1. The third-order valence-corrected chi connectivity index (χ3v) is 3.41. The molecular formula is C17H18FNO2. The second kappa shape index (κ2) is 6.99. The number of nitrogens with one attached hydrogen (secondary N) is 1. The minimum Gasteiger partial charge on any atom is -0.481 e. The molecule has 0 unspecified atom stereocenters. The summed E-state index contributed by atoms with van der Waals surface area (Å²) < 4.78 is 13.2. The monoisotopic (exact) mass is 287 g/mol. The van der Waals surface area contributed by atoms with Crippen molar-refractivity contribution in [3.8, 4) is 0 Å². The molecule has 2 rings (SSSR count). The smallest absolute Gasteiger partial charge is 0.307 e. The van der Waals surface area contributed by atoms with Gasteiger partial charge < -0.3 is 10.4 Å². The molecule has 0 saturated heterocycles. The maximum Gasteiger partial charge on any atom is 0.307 e. The van der Waals surface area contributed by atoms with Gasteiger partial charge in [-0.05, 0) is 35.7 Å². The summed E-state index contributed by atoms with van der Waals surface area (Å²) in [5, 5.41) is 12.2. The zero-order chi connectivity index (χ0) is 15.2. The lowest BCUT2D eigenvalue weighted by Gasteiger charge is -2.16. The Labute approximate surface area is 123 Å². The van der Waals surface area contributed by atoms with E-state index in [2.05, 4.69) is 5.32 Å². The molecule has 4 heteroatoms. The summed E-state index contributed by atoms with van der Waals surface area (Å²) >= 11 is 0. The zero-order valence-electron chi connectivity index (χ0n) is 11.8. The van der Waals surface area contributed by atoms with Gasteiger partial charge in [-0.25, -0.2) is 4.39 Å². The average molecular weight is 287 g/mol. The van der Waals surface area contributed by atoms with Crippen molar-refractivity contribution < 1.29 is 14.3 Å². The quantitative estimate of drug-likeness (QED) is 0.857. The molecule has 1 atom stereocenters. The number of carboxylic acid groups (broad SMARTS) is 1. The highest BCUT2D eigenvalue weighted by Gasteiger charge is 2.09. The number of halogens is 1. The molecule has 110 valence electrons. The Bertz CT molecular complexity index is 628. The summed E-state index contributed by atoms with van der Waals surface area (Å²) in [6.07, 6.45) is 0.00615. The van der Waals surface area contributed by atoms with Crippen molar-refractivity contribution in [1.82, 2.24) is 5.32 Å². The van der Waals surface area contributed by atoms with Crippen molar-refractivity contribution in [2.45, 2.75) is 25.9 Å². The van der Waals surface area contributed by atoms with Crippen LogP contribution in [-0.2, 0) is 17.8 Å². The maximum absolute atomic E-state index is 13.2. The first-order valence-electron chi connectivity index (χ1n) is 6.83. The molecule has 2 aromatic carbocycles. The number of hydrogen-bond donors (Lipinski definition) is 2. The normalized spacial score (nSPS) is 12.1. The van der Waals surface area contributed by atoms with Gasteiger partial charge in [0, 0.05) is 12.6 Å². The van der Waals surface area contributed by atoms with E-state index in [0.717, 1.165) is 16.7 Å². The Hall–Kier alpha value is -2.20. The molecular weight excluding hydrogens is 269 g/mol. The Morgan fingerprint density at radius 2 is 1.90 bits per heavy atom. The van der Waals surface area contributed by atoms with Crippen LogP contribution in [0.1, 0.15) is 29.7 Å². The van der Waals surface area contributed by atoms with Crippen molar-refractivity contribution in [1.29, 1.82) is 0 Å². The topological polar surface area (TPSA) is 49.3 Å². The van der Waals surface area contributed by atoms with Gasteiger partial charge in [0.25, 0.3) is 0 Å². The number of benzene rings is 2. The van der Waals surface area contributed by atoms with Gasteiger partial charge in [0.1, 0.15) is 5.82 Å². The molecule has 21 heavy (non-hydrogen) atoms. The van der Waals surface area contributed by atoms with Crippen LogP contribution < -0.4 is 5.32 Å². The van der Waals surface area contributed by atoms with Crippen LogP contribution in [0.3, 0.4) is 0 Å². The molecule has 0 aromatic heterocycles. The van der Waals surface area contributed by atoms with Crippen LogP contribution in [0.15, 0.2) is 48.5 Å². The van der Waals surface area contributed by atoms with Crippen LogP contribution in [0.5, 0.6) is 0 Å². The first-order valence-corrected chi connectivity index (χ1v) is 6.83. The predicted octanol–water partition coefficient (Wildman–Crippen LogP) is 3.30. The van der Waals surface area contributed by atoms with Crippen LogP contribution in [0.2, 0.25) is 0 Å². The molecule has 0 aliphatic heterocycles. The number of carbonyl (C=O) groups is 1. The van der Waals surface area contributed by atoms with E-state index in [-0.39, 0.29) is 18.3 Å². The molecule has 0 aliphatic carbocycles. The van der Waals surface area contributed by atoms with E-state index >= 15 is 0 Å². The summed E-state index contributed by atoms with van der Waals surface area (Å²) in [6.45, 7) is 2.50. The highest BCUT2D eigenvalue weighted by Crippen LogP contribution is 2.16. The highest BCUT2D eigenvalue weighted by atomic mass is 19.1. The van der Waals surface area contributed by atoms with Gasteiger partial charge in [0.2, 0.25) is 0 Å². The van der Waals surface area contributed by atoms with E-state index in [1.54, 1.807) is 6.07 Å². The molecule has 2 aromatic rings. The van der Waals surface area contributed by atoms with Crippen molar-refractivity contribution in [3.63, 3.8) is 0 Å². The van der Waals surface area contributed by atoms with Crippen molar-refractivity contribution >= 4 is 5.97 Å². The highest BCUT2D eigenvalue weighted by molar-refractivity contribution is 5.70. The van der Waals surface area contributed by atoms with E-state index in [9.17, 15) is 9.18 Å². The summed E-state index contributed by atoms with van der Waals surface area (Å²) in [7, 11) is 0. The van der Waals surface area contributed by atoms with Gasteiger partial charge in [-0.1, -0.05) is 36.4 Å². The fraction of sp³-hybridized carbons (Fsp3) is 0.235. The predicted molar refractivity (Wildman–Crippen MR) is 79.4 cm³/mol. The molecule has 2 N–H and O–H groups in total. The van der Waals surface area contributed by atoms with E-state index in [1.807, 2.05) is 37.3 Å². The molecule has 0 fully saturated rings. The van der Waals surface area contributed by atoms with Crippen LogP contribution >= 0.6 is 0 Å².